The van der Waals surface area contributed by atoms with Crippen LogP contribution in [0, 0.1) is 5.92 Å². The number of amides is 4. The molecule has 1 unspecified atom stereocenters. The summed E-state index contributed by atoms with van der Waals surface area (Å²) in [5.41, 5.74) is 0. The van der Waals surface area contributed by atoms with Crippen molar-refractivity contribution in [2.24, 2.45) is 5.92 Å². The first-order chi connectivity index (χ1) is 13.0. The molecule has 0 spiro atoms. The Bertz CT molecular complexity index is 592. The van der Waals surface area contributed by atoms with Crippen LogP contribution in [0.25, 0.3) is 0 Å². The maximum absolute atomic E-state index is 12.7. The van der Waals surface area contributed by atoms with Crippen LogP contribution in [0.1, 0.15) is 47.5 Å². The highest BCUT2D eigenvalue weighted by Crippen LogP contribution is 2.19. The summed E-state index contributed by atoms with van der Waals surface area (Å²) < 4.78 is 0. The molecule has 1 aliphatic heterocycles. The Kier molecular flexibility index (Phi) is 8.90. The number of hydrogen-bond donors (Lipinski definition) is 5. The van der Waals surface area contributed by atoms with Gasteiger partial charge in [0.15, 0.2) is 0 Å². The van der Waals surface area contributed by atoms with Crippen molar-refractivity contribution in [1.29, 1.82) is 0 Å². The van der Waals surface area contributed by atoms with E-state index in [0.29, 0.717) is 19.4 Å². The second kappa shape index (κ2) is 10.4. The Balaban J connectivity index is 2.74. The molecule has 1 heterocycles. The number of hydrogen-bond acceptors (Lipinski definition) is 6. The minimum absolute atomic E-state index is 0.206. The molecule has 1 saturated heterocycles. The number of nitrogens with one attached hydrogen (secondary N) is 3. The maximum atomic E-state index is 12.7. The summed E-state index contributed by atoms with van der Waals surface area (Å²) >= 11 is 0. The van der Waals surface area contributed by atoms with E-state index < -0.39 is 48.9 Å². The zero-order chi connectivity index (χ0) is 21.6. The SMILES string of the molecule is CC(=O)N[C@@H](C)C(=O)N[C@@H](C)C(=O)N1CCC[C@H]1C(=O)NC(B(O)O)C(C)C. The fourth-order valence-corrected chi connectivity index (χ4v) is 3.17. The van der Waals surface area contributed by atoms with Gasteiger partial charge in [-0.25, -0.2) is 0 Å². The van der Waals surface area contributed by atoms with Crippen LogP contribution in [0.5, 0.6) is 0 Å². The minimum Gasteiger partial charge on any atom is -0.426 e. The molecule has 0 aromatic carbocycles. The van der Waals surface area contributed by atoms with Crippen molar-refractivity contribution < 1.29 is 29.2 Å². The predicted molar refractivity (Wildman–Crippen MR) is 103 cm³/mol. The van der Waals surface area contributed by atoms with Crippen LogP contribution in [0.15, 0.2) is 0 Å². The summed E-state index contributed by atoms with van der Waals surface area (Å²) in [6.45, 7) is 8.17. The van der Waals surface area contributed by atoms with Crippen LogP contribution < -0.4 is 16.0 Å². The zero-order valence-corrected chi connectivity index (χ0v) is 17.1. The van der Waals surface area contributed by atoms with Gasteiger partial charge in [0.1, 0.15) is 18.1 Å². The predicted octanol–water partition coefficient (Wildman–Crippen LogP) is -1.84. The van der Waals surface area contributed by atoms with E-state index >= 15 is 0 Å². The molecule has 158 valence electrons. The van der Waals surface area contributed by atoms with Gasteiger partial charge in [-0.3, -0.25) is 19.2 Å². The highest BCUT2D eigenvalue weighted by Gasteiger charge is 2.39. The van der Waals surface area contributed by atoms with Gasteiger partial charge in [-0.05, 0) is 32.6 Å². The van der Waals surface area contributed by atoms with Gasteiger partial charge in [0.2, 0.25) is 23.6 Å². The first-order valence-corrected chi connectivity index (χ1v) is 9.50. The quantitative estimate of drug-likeness (QED) is 0.304. The van der Waals surface area contributed by atoms with E-state index in [-0.39, 0.29) is 11.8 Å². The van der Waals surface area contributed by atoms with Crippen molar-refractivity contribution in [3.8, 4) is 0 Å². The fraction of sp³-hybridized carbons (Fsp3) is 0.765. The molecule has 0 radical (unpaired) electrons. The molecule has 1 aliphatic rings. The number of rotatable bonds is 8. The molecule has 0 aliphatic carbocycles. The molecular formula is C17H31BN4O6. The van der Waals surface area contributed by atoms with Crippen molar-refractivity contribution in [3.05, 3.63) is 0 Å². The Morgan fingerprint density at radius 3 is 2.11 bits per heavy atom. The van der Waals surface area contributed by atoms with Crippen LogP contribution in [-0.4, -0.2) is 76.3 Å². The van der Waals surface area contributed by atoms with Gasteiger partial charge in [-0.2, -0.15) is 0 Å². The van der Waals surface area contributed by atoms with Crippen molar-refractivity contribution in [2.75, 3.05) is 6.54 Å². The van der Waals surface area contributed by atoms with Crippen LogP contribution in [-0.2, 0) is 19.2 Å². The van der Waals surface area contributed by atoms with E-state index in [1.54, 1.807) is 13.8 Å². The Hall–Kier alpha value is -2.14. The summed E-state index contributed by atoms with van der Waals surface area (Å²) in [6.07, 6.45) is 1.08. The summed E-state index contributed by atoms with van der Waals surface area (Å²) in [6, 6.07) is -2.40. The van der Waals surface area contributed by atoms with Crippen LogP contribution in [0.4, 0.5) is 0 Å². The lowest BCUT2D eigenvalue weighted by Gasteiger charge is -2.30. The molecule has 5 N–H and O–H groups in total. The number of carbonyl (C=O) groups excluding carboxylic acids is 4. The van der Waals surface area contributed by atoms with Gasteiger partial charge >= 0.3 is 7.12 Å². The van der Waals surface area contributed by atoms with E-state index in [2.05, 4.69) is 16.0 Å². The molecule has 4 atom stereocenters. The van der Waals surface area contributed by atoms with Gasteiger partial charge in [0.05, 0.1) is 5.94 Å². The van der Waals surface area contributed by atoms with E-state index in [0.717, 1.165) is 0 Å². The molecule has 0 aromatic rings. The first-order valence-electron chi connectivity index (χ1n) is 9.50. The molecule has 0 bridgehead atoms. The van der Waals surface area contributed by atoms with Crippen molar-refractivity contribution in [1.82, 2.24) is 20.9 Å². The largest absolute Gasteiger partial charge is 0.475 e. The first kappa shape index (κ1) is 23.9. The van der Waals surface area contributed by atoms with Crippen molar-refractivity contribution >= 4 is 30.7 Å². The Morgan fingerprint density at radius 1 is 1.00 bits per heavy atom. The molecule has 10 nitrogen and oxygen atoms in total. The Labute approximate surface area is 165 Å². The molecule has 28 heavy (non-hydrogen) atoms. The number of carbonyl (C=O) groups is 4. The lowest BCUT2D eigenvalue weighted by atomic mass is 9.73. The van der Waals surface area contributed by atoms with Gasteiger partial charge in [0.25, 0.3) is 0 Å². The highest BCUT2D eigenvalue weighted by atomic mass is 16.4. The molecule has 4 amide bonds. The van der Waals surface area contributed by atoms with E-state index in [4.69, 9.17) is 0 Å². The average Bonchev–Trinajstić information content (AvgIpc) is 3.06. The van der Waals surface area contributed by atoms with E-state index in [1.807, 2.05) is 0 Å². The highest BCUT2D eigenvalue weighted by molar-refractivity contribution is 6.43. The second-order valence-electron chi connectivity index (χ2n) is 7.53. The van der Waals surface area contributed by atoms with Gasteiger partial charge < -0.3 is 30.9 Å². The van der Waals surface area contributed by atoms with Gasteiger partial charge in [-0.15, -0.1) is 0 Å². The molecule has 0 aromatic heterocycles. The third-order valence-electron chi connectivity index (χ3n) is 4.73. The second-order valence-corrected chi connectivity index (χ2v) is 7.53. The topological polar surface area (TPSA) is 148 Å². The standard InChI is InChI=1S/C17H31BN4O6/c1-9(2)14(18(27)28)21-16(25)13-7-6-8-22(13)17(26)11(4)20-15(24)10(3)19-12(5)23/h9-11,13-14,27-28H,6-8H2,1-5H3,(H,19,23)(H,20,24)(H,21,25)/t10-,11-,13-,14?/m0/s1. The van der Waals surface area contributed by atoms with Gasteiger partial charge in [0, 0.05) is 13.5 Å². The van der Waals surface area contributed by atoms with E-state index in [1.165, 1.54) is 25.7 Å². The summed E-state index contributed by atoms with van der Waals surface area (Å²) in [5, 5.41) is 26.4. The number of likely N-dealkylation sites (tertiary alicyclic amines) is 1. The van der Waals surface area contributed by atoms with Crippen molar-refractivity contribution in [3.63, 3.8) is 0 Å². The zero-order valence-electron chi connectivity index (χ0n) is 17.1. The fourth-order valence-electron chi connectivity index (χ4n) is 3.17. The molecule has 0 saturated carbocycles. The Morgan fingerprint density at radius 2 is 1.61 bits per heavy atom. The normalized spacial score (nSPS) is 19.6. The third-order valence-corrected chi connectivity index (χ3v) is 4.73. The third kappa shape index (κ3) is 6.48. The summed E-state index contributed by atoms with van der Waals surface area (Å²) in [7, 11) is -1.71. The molecular weight excluding hydrogens is 367 g/mol. The molecule has 11 heteroatoms. The van der Waals surface area contributed by atoms with Crippen LogP contribution >= 0.6 is 0 Å². The average molecular weight is 398 g/mol. The summed E-state index contributed by atoms with van der Waals surface area (Å²) in [5.74, 6) is -2.78. The molecule has 1 rings (SSSR count). The van der Waals surface area contributed by atoms with Gasteiger partial charge in [-0.1, -0.05) is 13.8 Å². The van der Waals surface area contributed by atoms with Crippen molar-refractivity contribution in [2.45, 2.75) is 71.5 Å². The molecule has 1 fully saturated rings. The monoisotopic (exact) mass is 398 g/mol. The summed E-state index contributed by atoms with van der Waals surface area (Å²) in [4.78, 5) is 49.9. The lowest BCUT2D eigenvalue weighted by Crippen LogP contribution is -2.58. The smallest absolute Gasteiger partial charge is 0.426 e. The van der Waals surface area contributed by atoms with E-state index in [9.17, 15) is 29.2 Å². The lowest BCUT2D eigenvalue weighted by molar-refractivity contribution is -0.141. The number of nitrogens with zero attached hydrogens (tertiary/aromatic N) is 1. The van der Waals surface area contributed by atoms with Crippen LogP contribution in [0.3, 0.4) is 0 Å². The maximum Gasteiger partial charge on any atom is 0.475 e. The van der Waals surface area contributed by atoms with Crippen LogP contribution in [0.2, 0.25) is 0 Å². The minimum atomic E-state index is -1.71.